The number of nitrogens with zero attached hydrogens (tertiary/aromatic N) is 1. The van der Waals surface area contributed by atoms with Crippen molar-refractivity contribution in [3.05, 3.63) is 70.4 Å². The standard InChI is InChI=1S/C19H17ClN2O2/c1-24-17-8-3-2-6-14(17)12-16-19(23)22-18(21-16)10-9-13-5-4-7-15(20)11-13/h2-8,11-12H,9-10H2,1H3,(H,21,22,23)/b16-12-. The molecule has 0 atom stereocenters. The maximum absolute atomic E-state index is 12.1. The van der Waals surface area contributed by atoms with Gasteiger partial charge in [0.2, 0.25) is 0 Å². The molecule has 5 heteroatoms. The summed E-state index contributed by atoms with van der Waals surface area (Å²) in [5.74, 6) is 1.18. The molecule has 0 aliphatic carbocycles. The van der Waals surface area contributed by atoms with Crippen LogP contribution in [-0.4, -0.2) is 18.9 Å². The van der Waals surface area contributed by atoms with E-state index >= 15 is 0 Å². The normalized spacial score (nSPS) is 15.3. The van der Waals surface area contributed by atoms with Gasteiger partial charge in [0.1, 0.15) is 17.3 Å². The molecule has 24 heavy (non-hydrogen) atoms. The van der Waals surface area contributed by atoms with Gasteiger partial charge in [-0.1, -0.05) is 41.9 Å². The van der Waals surface area contributed by atoms with Gasteiger partial charge in [0, 0.05) is 17.0 Å². The van der Waals surface area contributed by atoms with Crippen molar-refractivity contribution in [3.8, 4) is 5.75 Å². The Morgan fingerprint density at radius 2 is 2.00 bits per heavy atom. The fourth-order valence-electron chi connectivity index (χ4n) is 2.52. The van der Waals surface area contributed by atoms with Crippen molar-refractivity contribution >= 4 is 29.4 Å². The molecule has 0 aromatic heterocycles. The first-order valence-electron chi connectivity index (χ1n) is 7.64. The average Bonchev–Trinajstić information content (AvgIpc) is 2.93. The van der Waals surface area contributed by atoms with Crippen LogP contribution in [0.5, 0.6) is 5.75 Å². The molecule has 0 bridgehead atoms. The summed E-state index contributed by atoms with van der Waals surface area (Å²) in [6, 6.07) is 15.2. The summed E-state index contributed by atoms with van der Waals surface area (Å²) in [5, 5.41) is 3.53. The van der Waals surface area contributed by atoms with Crippen LogP contribution in [-0.2, 0) is 11.2 Å². The van der Waals surface area contributed by atoms with Crippen LogP contribution in [0.4, 0.5) is 0 Å². The Morgan fingerprint density at radius 1 is 1.17 bits per heavy atom. The number of amidine groups is 1. The number of nitrogens with one attached hydrogen (secondary N) is 1. The van der Waals surface area contributed by atoms with E-state index in [1.165, 1.54) is 0 Å². The van der Waals surface area contributed by atoms with Gasteiger partial charge in [-0.25, -0.2) is 4.99 Å². The van der Waals surface area contributed by atoms with E-state index in [9.17, 15) is 4.79 Å². The molecule has 122 valence electrons. The Hall–Kier alpha value is -2.59. The number of halogens is 1. The summed E-state index contributed by atoms with van der Waals surface area (Å²) in [6.45, 7) is 0. The number of para-hydroxylation sites is 1. The van der Waals surface area contributed by atoms with Gasteiger partial charge in [0.25, 0.3) is 5.91 Å². The third-order valence-corrected chi connectivity index (χ3v) is 3.95. The van der Waals surface area contributed by atoms with Crippen molar-refractivity contribution in [3.63, 3.8) is 0 Å². The first-order valence-corrected chi connectivity index (χ1v) is 8.01. The van der Waals surface area contributed by atoms with E-state index in [0.717, 1.165) is 17.5 Å². The number of aryl methyl sites for hydroxylation is 1. The number of benzene rings is 2. The van der Waals surface area contributed by atoms with E-state index in [2.05, 4.69) is 10.3 Å². The molecule has 0 radical (unpaired) electrons. The maximum atomic E-state index is 12.1. The minimum absolute atomic E-state index is 0.193. The van der Waals surface area contributed by atoms with Gasteiger partial charge in [-0.3, -0.25) is 4.79 Å². The highest BCUT2D eigenvalue weighted by molar-refractivity contribution is 6.30. The van der Waals surface area contributed by atoms with E-state index in [-0.39, 0.29) is 5.91 Å². The molecule has 0 spiro atoms. The lowest BCUT2D eigenvalue weighted by atomic mass is 10.1. The molecule has 2 aromatic rings. The predicted molar refractivity (Wildman–Crippen MR) is 96.3 cm³/mol. The third kappa shape index (κ3) is 3.84. The molecule has 0 saturated heterocycles. The molecule has 3 rings (SSSR count). The van der Waals surface area contributed by atoms with Gasteiger partial charge in [0.05, 0.1) is 7.11 Å². The Morgan fingerprint density at radius 3 is 2.79 bits per heavy atom. The molecule has 0 saturated carbocycles. The van der Waals surface area contributed by atoms with Crippen LogP contribution in [0.3, 0.4) is 0 Å². The van der Waals surface area contributed by atoms with Gasteiger partial charge in [-0.15, -0.1) is 0 Å². The van der Waals surface area contributed by atoms with Gasteiger partial charge in [-0.2, -0.15) is 0 Å². The number of hydrogen-bond acceptors (Lipinski definition) is 3. The second kappa shape index (κ2) is 7.32. The minimum atomic E-state index is -0.193. The number of methoxy groups -OCH3 is 1. The van der Waals surface area contributed by atoms with Crippen molar-refractivity contribution in [2.24, 2.45) is 4.99 Å². The van der Waals surface area contributed by atoms with E-state index in [0.29, 0.717) is 28.7 Å². The van der Waals surface area contributed by atoms with Gasteiger partial charge in [-0.05, 0) is 36.3 Å². The largest absolute Gasteiger partial charge is 0.496 e. The molecule has 1 amide bonds. The Bertz CT molecular complexity index is 828. The van der Waals surface area contributed by atoms with Crippen molar-refractivity contribution in [2.45, 2.75) is 12.8 Å². The van der Waals surface area contributed by atoms with Crippen LogP contribution in [0.25, 0.3) is 6.08 Å². The number of carbonyl (C=O) groups is 1. The first-order chi connectivity index (χ1) is 11.7. The summed E-state index contributed by atoms with van der Waals surface area (Å²) in [7, 11) is 1.60. The summed E-state index contributed by atoms with van der Waals surface area (Å²) in [6.07, 6.45) is 3.15. The number of ether oxygens (including phenoxy) is 1. The number of aliphatic imine (C=N–C) groups is 1. The third-order valence-electron chi connectivity index (χ3n) is 3.72. The summed E-state index contributed by atoms with van der Waals surface area (Å²) < 4.78 is 5.30. The highest BCUT2D eigenvalue weighted by Crippen LogP contribution is 2.22. The Balaban J connectivity index is 1.74. The lowest BCUT2D eigenvalue weighted by Crippen LogP contribution is -2.24. The van der Waals surface area contributed by atoms with Crippen LogP contribution >= 0.6 is 11.6 Å². The quantitative estimate of drug-likeness (QED) is 0.840. The molecule has 2 aromatic carbocycles. The fraction of sp³-hybridized carbons (Fsp3) is 0.158. The van der Waals surface area contributed by atoms with Crippen LogP contribution in [0.1, 0.15) is 17.5 Å². The monoisotopic (exact) mass is 340 g/mol. The van der Waals surface area contributed by atoms with Crippen molar-refractivity contribution in [1.29, 1.82) is 0 Å². The number of carbonyl (C=O) groups excluding carboxylic acids is 1. The first kappa shape index (κ1) is 16.3. The molecular weight excluding hydrogens is 324 g/mol. The number of amides is 1. The van der Waals surface area contributed by atoms with Gasteiger partial charge < -0.3 is 10.1 Å². The second-order valence-corrected chi connectivity index (χ2v) is 5.85. The molecule has 0 unspecified atom stereocenters. The van der Waals surface area contributed by atoms with Crippen LogP contribution in [0.15, 0.2) is 59.2 Å². The van der Waals surface area contributed by atoms with Gasteiger partial charge in [0.15, 0.2) is 0 Å². The molecular formula is C19H17ClN2O2. The highest BCUT2D eigenvalue weighted by atomic mass is 35.5. The van der Waals surface area contributed by atoms with Crippen LogP contribution in [0.2, 0.25) is 5.02 Å². The Labute approximate surface area is 145 Å². The Kier molecular flexibility index (Phi) is 4.96. The zero-order valence-corrected chi connectivity index (χ0v) is 14.0. The lowest BCUT2D eigenvalue weighted by molar-refractivity contribution is -0.115. The zero-order chi connectivity index (χ0) is 16.9. The maximum Gasteiger partial charge on any atom is 0.275 e. The molecule has 1 aliphatic heterocycles. The van der Waals surface area contributed by atoms with E-state index in [4.69, 9.17) is 16.3 Å². The summed E-state index contributed by atoms with van der Waals surface area (Å²) in [5.41, 5.74) is 2.33. The van der Waals surface area contributed by atoms with Crippen molar-refractivity contribution in [1.82, 2.24) is 5.32 Å². The topological polar surface area (TPSA) is 50.7 Å². The SMILES string of the molecule is COc1ccccc1/C=C1\N=C(CCc2cccc(Cl)c2)NC1=O. The average molecular weight is 341 g/mol. The minimum Gasteiger partial charge on any atom is -0.496 e. The predicted octanol–water partition coefficient (Wildman–Crippen LogP) is 3.85. The van der Waals surface area contributed by atoms with E-state index in [1.807, 2.05) is 48.5 Å². The number of hydrogen-bond donors (Lipinski definition) is 1. The smallest absolute Gasteiger partial charge is 0.275 e. The zero-order valence-electron chi connectivity index (χ0n) is 13.3. The molecule has 1 N–H and O–H groups in total. The van der Waals surface area contributed by atoms with Crippen LogP contribution in [0, 0.1) is 0 Å². The fourth-order valence-corrected chi connectivity index (χ4v) is 2.74. The van der Waals surface area contributed by atoms with E-state index < -0.39 is 0 Å². The molecule has 1 heterocycles. The van der Waals surface area contributed by atoms with E-state index in [1.54, 1.807) is 13.2 Å². The lowest BCUT2D eigenvalue weighted by Gasteiger charge is -2.03. The number of rotatable bonds is 5. The summed E-state index contributed by atoms with van der Waals surface area (Å²) >= 11 is 5.98. The summed E-state index contributed by atoms with van der Waals surface area (Å²) in [4.78, 5) is 16.5. The van der Waals surface area contributed by atoms with Crippen molar-refractivity contribution < 1.29 is 9.53 Å². The van der Waals surface area contributed by atoms with Crippen LogP contribution < -0.4 is 10.1 Å². The molecule has 4 nitrogen and oxygen atoms in total. The van der Waals surface area contributed by atoms with Gasteiger partial charge >= 0.3 is 0 Å². The highest BCUT2D eigenvalue weighted by Gasteiger charge is 2.20. The van der Waals surface area contributed by atoms with Crippen molar-refractivity contribution in [2.75, 3.05) is 7.11 Å². The second-order valence-electron chi connectivity index (χ2n) is 5.41. The molecule has 0 fully saturated rings. The molecule has 1 aliphatic rings.